The number of anilines is 1. The highest BCUT2D eigenvalue weighted by Gasteiger charge is 2.29. The van der Waals surface area contributed by atoms with Crippen LogP contribution < -0.4 is 10.6 Å². The molecule has 0 saturated heterocycles. The Hall–Kier alpha value is -1.59. The largest absolute Gasteiger partial charge is 0.344 e. The molecule has 6 heteroatoms. The lowest BCUT2D eigenvalue weighted by Gasteiger charge is -2.17. The fraction of sp³-hybridized carbons (Fsp3) is 0.500. The molecule has 1 fully saturated rings. The standard InChI is InChI=1S/C16H23N3O2.ClH/c1-17-9-10-19(2)15(20)11-12-3-7-14(8-4-12)18-16(21)13-5-6-13;/h3-4,7-8,13,17H,5-6,9-11H2,1-2H3,(H,18,21);1H. The quantitative estimate of drug-likeness (QED) is 0.802. The van der Waals surface area contributed by atoms with Gasteiger partial charge in [0.15, 0.2) is 0 Å². The van der Waals surface area contributed by atoms with Crippen LogP contribution in [0.4, 0.5) is 5.69 Å². The van der Waals surface area contributed by atoms with Gasteiger partial charge in [0.2, 0.25) is 11.8 Å². The summed E-state index contributed by atoms with van der Waals surface area (Å²) < 4.78 is 0. The van der Waals surface area contributed by atoms with Crippen molar-refractivity contribution in [1.29, 1.82) is 0 Å². The SMILES string of the molecule is CNCCN(C)C(=O)Cc1ccc(NC(=O)C2CC2)cc1.Cl. The maximum Gasteiger partial charge on any atom is 0.227 e. The minimum atomic E-state index is 0. The van der Waals surface area contributed by atoms with Gasteiger partial charge in [-0.3, -0.25) is 9.59 Å². The Labute approximate surface area is 137 Å². The van der Waals surface area contributed by atoms with E-state index in [2.05, 4.69) is 10.6 Å². The van der Waals surface area contributed by atoms with Gasteiger partial charge in [-0.05, 0) is 37.6 Å². The Morgan fingerprint density at radius 1 is 1.23 bits per heavy atom. The molecule has 2 amide bonds. The van der Waals surface area contributed by atoms with Crippen molar-refractivity contribution >= 4 is 29.9 Å². The summed E-state index contributed by atoms with van der Waals surface area (Å²) in [6.07, 6.45) is 2.38. The highest BCUT2D eigenvalue weighted by atomic mass is 35.5. The zero-order chi connectivity index (χ0) is 15.2. The summed E-state index contributed by atoms with van der Waals surface area (Å²) in [6.45, 7) is 1.49. The molecule has 1 aliphatic rings. The van der Waals surface area contributed by atoms with Gasteiger partial charge in [0.05, 0.1) is 6.42 Å². The Morgan fingerprint density at radius 2 is 1.86 bits per heavy atom. The molecule has 2 N–H and O–H groups in total. The Bertz CT molecular complexity index is 501. The van der Waals surface area contributed by atoms with Crippen LogP contribution in [-0.4, -0.2) is 43.9 Å². The van der Waals surface area contributed by atoms with Crippen molar-refractivity contribution in [3.05, 3.63) is 29.8 Å². The Balaban J connectivity index is 0.00000242. The van der Waals surface area contributed by atoms with E-state index >= 15 is 0 Å². The van der Waals surface area contributed by atoms with Gasteiger partial charge < -0.3 is 15.5 Å². The summed E-state index contributed by atoms with van der Waals surface area (Å²) in [5.74, 6) is 0.401. The minimum Gasteiger partial charge on any atom is -0.344 e. The van der Waals surface area contributed by atoms with Crippen LogP contribution in [0.25, 0.3) is 0 Å². The molecule has 0 bridgehead atoms. The monoisotopic (exact) mass is 325 g/mol. The second-order valence-corrected chi connectivity index (χ2v) is 5.56. The maximum absolute atomic E-state index is 12.0. The zero-order valence-electron chi connectivity index (χ0n) is 13.1. The normalized spacial score (nSPS) is 13.2. The third-order valence-corrected chi connectivity index (χ3v) is 3.65. The molecule has 0 unspecified atom stereocenters. The van der Waals surface area contributed by atoms with Crippen molar-refractivity contribution in [3.8, 4) is 0 Å². The van der Waals surface area contributed by atoms with Gasteiger partial charge in [-0.1, -0.05) is 12.1 Å². The Kier molecular flexibility index (Phi) is 7.35. The number of halogens is 1. The lowest BCUT2D eigenvalue weighted by molar-refractivity contribution is -0.129. The van der Waals surface area contributed by atoms with Crippen molar-refractivity contribution in [3.63, 3.8) is 0 Å². The predicted molar refractivity (Wildman–Crippen MR) is 90.3 cm³/mol. The van der Waals surface area contributed by atoms with Crippen LogP contribution in [0.1, 0.15) is 18.4 Å². The van der Waals surface area contributed by atoms with Crippen LogP contribution in [0.3, 0.4) is 0 Å². The van der Waals surface area contributed by atoms with E-state index in [0.29, 0.717) is 13.0 Å². The molecule has 1 aromatic carbocycles. The van der Waals surface area contributed by atoms with Gasteiger partial charge in [0.1, 0.15) is 0 Å². The van der Waals surface area contributed by atoms with E-state index in [1.807, 2.05) is 38.4 Å². The van der Waals surface area contributed by atoms with E-state index in [-0.39, 0.29) is 30.1 Å². The van der Waals surface area contributed by atoms with E-state index < -0.39 is 0 Å². The van der Waals surface area contributed by atoms with E-state index in [9.17, 15) is 9.59 Å². The maximum atomic E-state index is 12.0. The van der Waals surface area contributed by atoms with Crippen LogP contribution in [0.5, 0.6) is 0 Å². The molecule has 22 heavy (non-hydrogen) atoms. The second kappa shape index (κ2) is 8.76. The van der Waals surface area contributed by atoms with E-state index in [0.717, 1.165) is 30.6 Å². The first-order valence-electron chi connectivity index (χ1n) is 7.38. The van der Waals surface area contributed by atoms with Crippen LogP contribution >= 0.6 is 12.4 Å². The zero-order valence-corrected chi connectivity index (χ0v) is 13.9. The van der Waals surface area contributed by atoms with Crippen molar-refractivity contribution in [2.45, 2.75) is 19.3 Å². The topological polar surface area (TPSA) is 61.4 Å². The molecule has 122 valence electrons. The van der Waals surface area contributed by atoms with Gasteiger partial charge in [-0.2, -0.15) is 0 Å². The minimum absolute atomic E-state index is 0. The van der Waals surface area contributed by atoms with Crippen molar-refractivity contribution < 1.29 is 9.59 Å². The van der Waals surface area contributed by atoms with Gasteiger partial charge in [-0.15, -0.1) is 12.4 Å². The number of carbonyl (C=O) groups excluding carboxylic acids is 2. The third-order valence-electron chi connectivity index (χ3n) is 3.65. The molecule has 0 aromatic heterocycles. The number of benzene rings is 1. The number of nitrogens with one attached hydrogen (secondary N) is 2. The number of likely N-dealkylation sites (N-methyl/N-ethyl adjacent to an activating group) is 2. The molecular formula is C16H24ClN3O2. The average molecular weight is 326 g/mol. The van der Waals surface area contributed by atoms with E-state index in [1.165, 1.54) is 0 Å². The second-order valence-electron chi connectivity index (χ2n) is 5.56. The van der Waals surface area contributed by atoms with Gasteiger partial charge >= 0.3 is 0 Å². The summed E-state index contributed by atoms with van der Waals surface area (Å²) in [5.41, 5.74) is 1.76. The van der Waals surface area contributed by atoms with Crippen molar-refractivity contribution in [1.82, 2.24) is 10.2 Å². The number of carbonyl (C=O) groups is 2. The summed E-state index contributed by atoms with van der Waals surface area (Å²) >= 11 is 0. The Morgan fingerprint density at radius 3 is 2.41 bits per heavy atom. The number of nitrogens with zero attached hydrogens (tertiary/aromatic N) is 1. The molecule has 5 nitrogen and oxygen atoms in total. The van der Waals surface area contributed by atoms with E-state index in [4.69, 9.17) is 0 Å². The van der Waals surface area contributed by atoms with Crippen LogP contribution in [-0.2, 0) is 16.0 Å². The molecule has 0 atom stereocenters. The molecule has 0 aliphatic heterocycles. The summed E-state index contributed by atoms with van der Waals surface area (Å²) in [5, 5.41) is 5.92. The van der Waals surface area contributed by atoms with Gasteiger partial charge in [0, 0.05) is 31.7 Å². The van der Waals surface area contributed by atoms with Crippen LogP contribution in [0.2, 0.25) is 0 Å². The number of hydrogen-bond donors (Lipinski definition) is 2. The average Bonchev–Trinajstić information content (AvgIpc) is 3.31. The summed E-state index contributed by atoms with van der Waals surface area (Å²) in [6, 6.07) is 7.51. The van der Waals surface area contributed by atoms with Gasteiger partial charge in [0.25, 0.3) is 0 Å². The lowest BCUT2D eigenvalue weighted by atomic mass is 10.1. The first kappa shape index (κ1) is 18.5. The molecule has 2 rings (SSSR count). The van der Waals surface area contributed by atoms with Crippen molar-refractivity contribution in [2.75, 3.05) is 32.5 Å². The highest BCUT2D eigenvalue weighted by Crippen LogP contribution is 2.30. The van der Waals surface area contributed by atoms with Crippen molar-refractivity contribution in [2.24, 2.45) is 5.92 Å². The number of rotatable bonds is 7. The van der Waals surface area contributed by atoms with Crippen LogP contribution in [0.15, 0.2) is 24.3 Å². The molecule has 1 aromatic rings. The summed E-state index contributed by atoms with van der Waals surface area (Å²) in [4.78, 5) is 25.4. The number of hydrogen-bond acceptors (Lipinski definition) is 3. The predicted octanol–water partition coefficient (Wildman–Crippen LogP) is 1.68. The first-order valence-corrected chi connectivity index (χ1v) is 7.38. The number of amides is 2. The van der Waals surface area contributed by atoms with E-state index in [1.54, 1.807) is 4.90 Å². The molecule has 1 aliphatic carbocycles. The molecular weight excluding hydrogens is 302 g/mol. The first-order chi connectivity index (χ1) is 10.1. The smallest absolute Gasteiger partial charge is 0.227 e. The summed E-state index contributed by atoms with van der Waals surface area (Å²) in [7, 11) is 3.68. The lowest BCUT2D eigenvalue weighted by Crippen LogP contribution is -2.33. The highest BCUT2D eigenvalue weighted by molar-refractivity contribution is 5.94. The van der Waals surface area contributed by atoms with Gasteiger partial charge in [-0.25, -0.2) is 0 Å². The fourth-order valence-corrected chi connectivity index (χ4v) is 2.01. The third kappa shape index (κ3) is 5.66. The fourth-order valence-electron chi connectivity index (χ4n) is 2.01. The van der Waals surface area contributed by atoms with Crippen LogP contribution in [0, 0.1) is 5.92 Å². The molecule has 0 radical (unpaired) electrons. The molecule has 1 saturated carbocycles. The molecule has 0 spiro atoms. The molecule has 0 heterocycles.